The Morgan fingerprint density at radius 3 is 1.35 bits per heavy atom. The van der Waals surface area contributed by atoms with Crippen LogP contribution in [0, 0.1) is 113 Å². The van der Waals surface area contributed by atoms with Crippen molar-refractivity contribution >= 4 is 182 Å². The van der Waals surface area contributed by atoms with Crippen molar-refractivity contribution in [3.05, 3.63) is 217 Å². The highest BCUT2D eigenvalue weighted by atomic mass is 79.9. The molecule has 0 unspecified atom stereocenters. The Morgan fingerprint density at radius 1 is 0.532 bits per heavy atom. The van der Waals surface area contributed by atoms with Crippen LogP contribution >= 0.6 is 125 Å². The number of anilines is 6. The molecule has 0 spiro atoms. The summed E-state index contributed by atoms with van der Waals surface area (Å²) < 4.78 is 97.7. The molecule has 598 valence electrons. The number of nitrogens with zero attached hydrogens (tertiary/aromatic N) is 7. The number of hydrogen-bond acceptors (Lipinski definition) is 16. The zero-order chi connectivity index (χ0) is 84.6. The van der Waals surface area contributed by atoms with Crippen molar-refractivity contribution in [1.29, 1.82) is 0 Å². The number of Topliss-reactive ketones (excluding diaryl/α,β-unsaturated/α-hetero) is 1. The maximum Gasteiger partial charge on any atom is 0.323 e. The van der Waals surface area contributed by atoms with Crippen LogP contribution in [-0.2, 0) is 33.5 Å². The summed E-state index contributed by atoms with van der Waals surface area (Å²) in [6.07, 6.45) is 0.984. The predicted octanol–water partition coefficient (Wildman–Crippen LogP) is 22.5. The smallest absolute Gasteiger partial charge is 0.323 e. The molecule has 13 rings (SSSR count). The van der Waals surface area contributed by atoms with Gasteiger partial charge in [-0.1, -0.05) is 93.4 Å². The standard InChI is InChI=1S/C13H13BrClFN4.C13H14ClFN4.C12H13ClFNO.C12H13ClFNS.C7H6BrClFN.C7H5ClFNO2.C7H7ClFN.C4H9NO2/c1-5-7(14)9(16)8(15)10-11(5)20-6(2)18-19-12(20)13(3,4)17-10;1-6-5-8(15)9(14)10-11(6)19-7(2)17-18-12(19)13(3,4)16-10;2*1-6-4-8(14)10(13)11-7(6)5-9(16)12(2,3)15-11;1-3-2-4(10)6(9)5(8)7(3)11;1-4-2-6(9)5(8)3-7(4)10(11)12;1-4-2-6(9)5(8)3-7(4)10;1-4(2,5)3(6)7/h17H,1-4H3;5,16H,1-4H3;2*4,15H,5H2,1-3H3;2H,11H2,1H3;2-3H,1H3;2-3H,10H2,1H3;5H2,1-2H3,(H,6,7). The number of halogens is 16. The second kappa shape index (κ2) is 35.6. The van der Waals surface area contributed by atoms with Gasteiger partial charge in [0.15, 0.2) is 23.2 Å². The first-order valence-electron chi connectivity index (χ1n) is 33.2. The third-order valence-corrected chi connectivity index (χ3v) is 22.8. The van der Waals surface area contributed by atoms with E-state index >= 15 is 0 Å². The number of nitrogen functional groups attached to an aromatic ring is 2. The van der Waals surface area contributed by atoms with Crippen LogP contribution in [0.5, 0.6) is 0 Å². The van der Waals surface area contributed by atoms with Crippen molar-refractivity contribution in [3.8, 4) is 11.4 Å². The molecule has 4 aliphatic rings. The van der Waals surface area contributed by atoms with E-state index in [4.69, 9.17) is 116 Å². The van der Waals surface area contributed by atoms with Crippen molar-refractivity contribution in [2.45, 2.75) is 172 Å². The van der Waals surface area contributed by atoms with E-state index in [1.807, 2.05) is 85.3 Å². The number of nitro groups is 1. The fourth-order valence-corrected chi connectivity index (χ4v) is 13.7. The molecule has 0 aliphatic carbocycles. The highest BCUT2D eigenvalue weighted by molar-refractivity contribution is 9.11. The zero-order valence-electron chi connectivity index (χ0n) is 63.4. The topological polar surface area (TPSA) is 285 Å². The van der Waals surface area contributed by atoms with Gasteiger partial charge in [0.2, 0.25) is 0 Å². The van der Waals surface area contributed by atoms with Gasteiger partial charge in [0.25, 0.3) is 5.69 Å². The van der Waals surface area contributed by atoms with E-state index in [2.05, 4.69) is 73.5 Å². The van der Waals surface area contributed by atoms with Gasteiger partial charge in [0.05, 0.1) is 101 Å². The number of nitrogens with two attached hydrogens (primary N) is 3. The molecule has 0 atom stereocenters. The number of carbonyl (C=O) groups is 2. The largest absolute Gasteiger partial charge is 0.480 e. The highest BCUT2D eigenvalue weighted by Crippen LogP contribution is 2.48. The Morgan fingerprint density at radius 2 is 0.901 bits per heavy atom. The quantitative estimate of drug-likeness (QED) is 0.0199. The number of carboxylic acids is 1. The number of nitrogens with one attached hydrogen (secondary N) is 4. The minimum Gasteiger partial charge on any atom is -0.480 e. The number of hydrogen-bond donors (Lipinski definition) is 8. The number of thiocarbonyl (C=S) groups is 1. The maximum atomic E-state index is 14.2. The third kappa shape index (κ3) is 20.6. The summed E-state index contributed by atoms with van der Waals surface area (Å²) in [4.78, 5) is 32.4. The molecule has 0 radical (unpaired) electrons. The van der Waals surface area contributed by atoms with Gasteiger partial charge in [-0.3, -0.25) is 28.8 Å². The summed E-state index contributed by atoms with van der Waals surface area (Å²) >= 11 is 52.2. The second-order valence-electron chi connectivity index (χ2n) is 28.9. The molecule has 0 saturated heterocycles. The number of ketones is 1. The van der Waals surface area contributed by atoms with Gasteiger partial charge >= 0.3 is 5.97 Å². The fourth-order valence-electron chi connectivity index (χ4n) is 11.2. The molecule has 6 heterocycles. The van der Waals surface area contributed by atoms with Crippen molar-refractivity contribution in [1.82, 2.24) is 29.5 Å². The van der Waals surface area contributed by atoms with Crippen LogP contribution in [0.3, 0.4) is 0 Å². The lowest BCUT2D eigenvalue weighted by molar-refractivity contribution is -0.385. The predicted molar refractivity (Wildman–Crippen MR) is 443 cm³/mol. The molecule has 4 aliphatic heterocycles. The molecular formula is C75H80Br2Cl7F7N14O5S. The Hall–Kier alpha value is -7.29. The van der Waals surface area contributed by atoms with Crippen LogP contribution in [0.15, 0.2) is 57.5 Å². The molecule has 0 amide bonds. The third-order valence-electron chi connectivity index (χ3n) is 17.7. The first kappa shape index (κ1) is 92.6. The van der Waals surface area contributed by atoms with Crippen molar-refractivity contribution in [2.24, 2.45) is 5.73 Å². The first-order valence-corrected chi connectivity index (χ1v) is 37.9. The molecule has 7 aromatic carbocycles. The number of fused-ring (bicyclic) bond motifs is 8. The van der Waals surface area contributed by atoms with E-state index in [-0.39, 0.29) is 63.5 Å². The summed E-state index contributed by atoms with van der Waals surface area (Å²) in [5.74, 6) is -1.04. The molecule has 36 heteroatoms. The van der Waals surface area contributed by atoms with E-state index in [0.29, 0.717) is 67.0 Å². The monoisotopic (exact) mass is 1820 g/mol. The molecule has 2 aromatic heterocycles. The van der Waals surface area contributed by atoms with E-state index in [1.165, 1.54) is 57.2 Å². The fraction of sp³-hybridized carbons (Fsp3) is 0.347. The van der Waals surface area contributed by atoms with E-state index < -0.39 is 68.0 Å². The van der Waals surface area contributed by atoms with Gasteiger partial charge in [-0.05, 0) is 250 Å². The van der Waals surface area contributed by atoms with Crippen LogP contribution in [0.4, 0.5) is 70.5 Å². The van der Waals surface area contributed by atoms with Gasteiger partial charge < -0.3 is 43.6 Å². The van der Waals surface area contributed by atoms with Crippen molar-refractivity contribution < 1.29 is 50.4 Å². The number of aromatic nitrogens is 6. The molecule has 19 nitrogen and oxygen atoms in total. The van der Waals surface area contributed by atoms with Crippen molar-refractivity contribution in [2.75, 3.05) is 32.7 Å². The molecular weight excluding hydrogens is 1750 g/mol. The number of carbonyl (C=O) groups excluding carboxylic acids is 1. The van der Waals surface area contributed by atoms with E-state index in [0.717, 1.165) is 85.1 Å². The van der Waals surface area contributed by atoms with Gasteiger partial charge in [-0.2, -0.15) is 0 Å². The van der Waals surface area contributed by atoms with Crippen molar-refractivity contribution in [3.63, 3.8) is 0 Å². The highest BCUT2D eigenvalue weighted by Gasteiger charge is 2.40. The molecule has 11 N–H and O–H groups in total. The summed E-state index contributed by atoms with van der Waals surface area (Å²) in [5.41, 5.74) is 24.6. The number of nitro benzene ring substituents is 1. The van der Waals surface area contributed by atoms with Crippen LogP contribution in [0.25, 0.3) is 11.4 Å². The normalized spacial score (nSPS) is 14.3. The Balaban J connectivity index is 0.000000201. The maximum absolute atomic E-state index is 14.2. The summed E-state index contributed by atoms with van der Waals surface area (Å²) in [6.45, 7) is 34.2. The second-order valence-corrected chi connectivity index (χ2v) is 33.7. The summed E-state index contributed by atoms with van der Waals surface area (Å²) in [6, 6.07) is 10.3. The average Bonchev–Trinajstić information content (AvgIpc) is 1.68. The molecule has 0 saturated carbocycles. The number of benzene rings is 7. The molecule has 111 heavy (non-hydrogen) atoms. The Bertz CT molecular complexity index is 5050. The van der Waals surface area contributed by atoms with Gasteiger partial charge in [-0.25, -0.2) is 30.7 Å². The first-order chi connectivity index (χ1) is 50.8. The van der Waals surface area contributed by atoms with Crippen LogP contribution in [0.1, 0.15) is 143 Å². The zero-order valence-corrected chi connectivity index (χ0v) is 72.7. The van der Waals surface area contributed by atoms with E-state index in [1.54, 1.807) is 34.6 Å². The SMILES string of the molecule is CC(C)(N)C(=O)O.Cc1c(Br)c(F)c(Cl)c2c1-n1c(C)nnc1C(C)(C)N2.Cc1cc(F)c(Cl)c(Br)c1N.Cc1cc(F)c(Cl)c2c1-n1c(C)nnc1C(C)(C)N2.Cc1cc(F)c(Cl)c2c1CC(=O)C(C)(C)N2.Cc1cc(F)c(Cl)c2c1CC(=S)C(C)(C)N2.Cc1cc(F)c(Cl)cc1N.Cc1cc(F)c(Cl)cc1[N+](=O)[O-]. The lowest BCUT2D eigenvalue weighted by Crippen LogP contribution is -2.45. The van der Waals surface area contributed by atoms with E-state index in [9.17, 15) is 50.4 Å². The summed E-state index contributed by atoms with van der Waals surface area (Å²) in [7, 11) is 0. The van der Waals surface area contributed by atoms with Crippen LogP contribution in [0.2, 0.25) is 35.2 Å². The summed E-state index contributed by atoms with van der Waals surface area (Å²) in [5, 5.41) is 48.2. The van der Waals surface area contributed by atoms with Gasteiger partial charge in [0.1, 0.15) is 62.1 Å². The van der Waals surface area contributed by atoms with Gasteiger partial charge in [-0.15, -0.1) is 20.4 Å². The minimum absolute atomic E-state index is 0.0353. The number of aryl methyl sites for hydroxylation is 8. The minimum atomic E-state index is -1.08. The van der Waals surface area contributed by atoms with Gasteiger partial charge in [0, 0.05) is 35.0 Å². The molecule has 9 aromatic rings. The van der Waals surface area contributed by atoms with Crippen LogP contribution < -0.4 is 38.5 Å². The molecule has 0 fully saturated rings. The van der Waals surface area contributed by atoms with Crippen LogP contribution in [-0.4, -0.2) is 72.8 Å². The Labute approximate surface area is 695 Å². The lowest BCUT2D eigenvalue weighted by Gasteiger charge is -2.36. The Kier molecular flexibility index (Phi) is 29.7. The number of carboxylic acid groups (broad SMARTS) is 1. The average molecular weight is 1830 g/mol. The number of aliphatic carboxylic acids is 1. The number of rotatable bonds is 2. The molecule has 0 bridgehead atoms. The lowest BCUT2D eigenvalue weighted by atomic mass is 9.86.